The molecule has 2 aliphatic heterocycles. The van der Waals surface area contributed by atoms with Gasteiger partial charge in [-0.15, -0.1) is 11.8 Å². The number of rotatable bonds is 13. The Morgan fingerprint density at radius 1 is 1.06 bits per heavy atom. The fraction of sp³-hybridized carbons (Fsp3) is 0.371. The van der Waals surface area contributed by atoms with Gasteiger partial charge in [-0.1, -0.05) is 56.6 Å². The van der Waals surface area contributed by atoms with Crippen LogP contribution in [0.5, 0.6) is 17.2 Å². The van der Waals surface area contributed by atoms with Gasteiger partial charge in [0.05, 0.1) is 18.7 Å². The zero-order valence-electron chi connectivity index (χ0n) is 27.8. The summed E-state index contributed by atoms with van der Waals surface area (Å²) in [7, 11) is 0. The third-order valence-corrected chi connectivity index (χ3v) is 9.27. The average Bonchev–Trinajstić information content (AvgIpc) is 3.57. The summed E-state index contributed by atoms with van der Waals surface area (Å²) in [6.07, 6.45) is -0.831. The summed E-state index contributed by atoms with van der Waals surface area (Å²) in [4.78, 5) is 51.4. The minimum absolute atomic E-state index is 0.0734. The molecule has 254 valence electrons. The summed E-state index contributed by atoms with van der Waals surface area (Å²) < 4.78 is 24.0. The van der Waals surface area contributed by atoms with E-state index in [1.807, 2.05) is 43.3 Å². The van der Waals surface area contributed by atoms with E-state index in [2.05, 4.69) is 10.6 Å². The molecular weight excluding hydrogens is 638 g/mol. The number of carbonyl (C=O) groups excluding carboxylic acids is 3. The standard InChI is InChI=1S/C35H39N3O9S/c1-20-5-10-23(11-6-20)38-30(31(33(38)42)48-18-25(39)22-9-14-26-27(15-22)47-19-46-26)21-7-12-24(13-8-21)45-17-29(41)36-16-28(40)37-32(34(43)44)35(2,3)4/h5-15,25,30-32,39H,16-19H2,1-4H3,(H,36,41)(H,37,40)(H,43,44)/t25?,30-,31-,32-/m1/s1/i2D. The monoisotopic (exact) mass is 678 g/mol. The normalized spacial score (nSPS) is 18.3. The van der Waals surface area contributed by atoms with Crippen LogP contribution < -0.4 is 29.7 Å². The summed E-state index contributed by atoms with van der Waals surface area (Å²) in [6, 6.07) is 18.4. The van der Waals surface area contributed by atoms with Crippen LogP contribution in [0.1, 0.15) is 51.0 Å². The van der Waals surface area contributed by atoms with Gasteiger partial charge in [0, 0.05) is 12.8 Å². The number of aliphatic carboxylic acids is 1. The number of aryl methyl sites for hydroxylation is 1. The fourth-order valence-electron chi connectivity index (χ4n) is 5.30. The van der Waals surface area contributed by atoms with E-state index in [-0.39, 0.29) is 38.0 Å². The Kier molecular flexibility index (Phi) is 10.1. The van der Waals surface area contributed by atoms with Gasteiger partial charge in [0.1, 0.15) is 17.0 Å². The number of hydrogen-bond donors (Lipinski definition) is 4. The van der Waals surface area contributed by atoms with E-state index in [9.17, 15) is 29.4 Å². The van der Waals surface area contributed by atoms with Crippen LogP contribution in [0.3, 0.4) is 0 Å². The third-order valence-electron chi connectivity index (χ3n) is 7.94. The number of ether oxygens (including phenoxy) is 3. The van der Waals surface area contributed by atoms with E-state index >= 15 is 0 Å². The zero-order chi connectivity index (χ0) is 35.3. The zero-order valence-corrected chi connectivity index (χ0v) is 27.6. The number of carboxylic acids is 1. The van der Waals surface area contributed by atoms with Crippen molar-refractivity contribution in [2.45, 2.75) is 51.1 Å². The predicted octanol–water partition coefficient (Wildman–Crippen LogP) is 3.76. The number of amides is 3. The highest BCUT2D eigenvalue weighted by molar-refractivity contribution is 8.00. The smallest absolute Gasteiger partial charge is 0.326 e. The maximum Gasteiger partial charge on any atom is 0.326 e. The van der Waals surface area contributed by atoms with Crippen molar-refractivity contribution in [2.24, 2.45) is 5.41 Å². The Bertz CT molecular complexity index is 1690. The molecule has 2 aliphatic rings. The number of carboxylic acid groups (broad SMARTS) is 1. The number of anilines is 1. The van der Waals surface area contributed by atoms with Crippen LogP contribution in [0.15, 0.2) is 66.7 Å². The van der Waals surface area contributed by atoms with Crippen molar-refractivity contribution in [1.29, 1.82) is 0 Å². The summed E-state index contributed by atoms with van der Waals surface area (Å²) in [5.41, 5.74) is 2.33. The molecule has 0 spiro atoms. The lowest BCUT2D eigenvalue weighted by Crippen LogP contribution is -2.57. The predicted molar refractivity (Wildman–Crippen MR) is 179 cm³/mol. The molecule has 0 aliphatic carbocycles. The molecule has 48 heavy (non-hydrogen) atoms. The maximum absolute atomic E-state index is 13.5. The first-order valence-electron chi connectivity index (χ1n) is 16.0. The summed E-state index contributed by atoms with van der Waals surface area (Å²) in [5, 5.41) is 24.7. The number of benzene rings is 3. The molecule has 12 nitrogen and oxygen atoms in total. The highest BCUT2D eigenvalue weighted by atomic mass is 32.2. The third kappa shape index (κ3) is 8.03. The van der Waals surface area contributed by atoms with Crippen molar-refractivity contribution in [3.05, 3.63) is 83.4 Å². The number of hydrogen-bond acceptors (Lipinski definition) is 9. The number of carbonyl (C=O) groups is 4. The van der Waals surface area contributed by atoms with Gasteiger partial charge in [0.15, 0.2) is 18.1 Å². The van der Waals surface area contributed by atoms with Crippen molar-refractivity contribution < 1.29 is 45.0 Å². The molecule has 13 heteroatoms. The van der Waals surface area contributed by atoms with Gasteiger partial charge in [-0.3, -0.25) is 14.4 Å². The lowest BCUT2D eigenvalue weighted by molar-refractivity contribution is -0.144. The number of β-lactam (4-membered cyclic amide) rings is 1. The number of aliphatic hydroxyl groups is 1. The molecule has 1 saturated heterocycles. The second-order valence-corrected chi connectivity index (χ2v) is 13.5. The highest BCUT2D eigenvalue weighted by Gasteiger charge is 2.49. The van der Waals surface area contributed by atoms with Crippen molar-refractivity contribution in [3.8, 4) is 17.2 Å². The van der Waals surface area contributed by atoms with Crippen molar-refractivity contribution >= 4 is 41.1 Å². The molecule has 0 aromatic heterocycles. The van der Waals surface area contributed by atoms with Crippen LogP contribution >= 0.6 is 11.8 Å². The highest BCUT2D eigenvalue weighted by Crippen LogP contribution is 2.46. The SMILES string of the molecule is [2H]CC(C)(C)[C@H](NC(=O)CNC(=O)COc1ccc([C@@H]2[C@@H](SCC(O)c3ccc4c(c3)OCO4)C(=O)N2c2ccc(C)cc2)cc1)C(=O)O. The number of aliphatic hydroxyl groups excluding tert-OH is 1. The van der Waals surface area contributed by atoms with Gasteiger partial charge >= 0.3 is 5.97 Å². The number of thioether (sulfide) groups is 1. The Hall–Kier alpha value is -4.75. The lowest BCUT2D eigenvalue weighted by Gasteiger charge is -2.47. The van der Waals surface area contributed by atoms with Gasteiger partial charge in [-0.2, -0.15) is 0 Å². The summed E-state index contributed by atoms with van der Waals surface area (Å²) in [6.45, 7) is 4.18. The van der Waals surface area contributed by atoms with Crippen molar-refractivity contribution in [2.75, 3.05) is 30.6 Å². The maximum atomic E-state index is 13.5. The topological polar surface area (TPSA) is 164 Å². The molecule has 4 atom stereocenters. The van der Waals surface area contributed by atoms with Gasteiger partial charge in [0.25, 0.3) is 5.91 Å². The van der Waals surface area contributed by atoms with Gasteiger partial charge in [-0.25, -0.2) is 4.79 Å². The minimum Gasteiger partial charge on any atom is -0.484 e. The molecule has 3 amide bonds. The first-order valence-corrected chi connectivity index (χ1v) is 16.3. The molecule has 2 heterocycles. The molecule has 0 radical (unpaired) electrons. The van der Waals surface area contributed by atoms with Crippen LogP contribution in [0, 0.1) is 12.3 Å². The minimum atomic E-state index is -1.28. The molecule has 3 aromatic carbocycles. The van der Waals surface area contributed by atoms with Crippen LogP contribution in [0.2, 0.25) is 0 Å². The lowest BCUT2D eigenvalue weighted by atomic mass is 9.87. The van der Waals surface area contributed by atoms with Crippen molar-refractivity contribution in [1.82, 2.24) is 10.6 Å². The Labute approximate surface area is 284 Å². The largest absolute Gasteiger partial charge is 0.484 e. The van der Waals surface area contributed by atoms with Crippen LogP contribution in [0.25, 0.3) is 0 Å². The molecular formula is C35H39N3O9S. The quantitative estimate of drug-likeness (QED) is 0.196. The fourth-order valence-corrected chi connectivity index (χ4v) is 6.60. The summed E-state index contributed by atoms with van der Waals surface area (Å²) >= 11 is 1.37. The van der Waals surface area contributed by atoms with E-state index in [1.165, 1.54) is 11.8 Å². The Morgan fingerprint density at radius 3 is 2.46 bits per heavy atom. The molecule has 1 fully saturated rings. The first-order chi connectivity index (χ1) is 23.4. The molecule has 4 N–H and O–H groups in total. The second kappa shape index (κ2) is 14.6. The van der Waals surface area contributed by atoms with Crippen molar-refractivity contribution in [3.63, 3.8) is 0 Å². The molecule has 0 bridgehead atoms. The summed E-state index contributed by atoms with van der Waals surface area (Å²) in [5.74, 6) is -0.753. The molecule has 0 saturated carbocycles. The number of nitrogens with zero attached hydrogens (tertiary/aromatic N) is 1. The second-order valence-electron chi connectivity index (χ2n) is 12.3. The Balaban J connectivity index is 1.19. The van der Waals surface area contributed by atoms with Crippen LogP contribution in [0.4, 0.5) is 5.69 Å². The number of fused-ring (bicyclic) bond motifs is 1. The van der Waals surface area contributed by atoms with Gasteiger partial charge in [0.2, 0.25) is 18.6 Å². The van der Waals surface area contributed by atoms with Gasteiger partial charge < -0.3 is 40.0 Å². The first kappa shape index (κ1) is 33.2. The van der Waals surface area contributed by atoms with Crippen LogP contribution in [-0.4, -0.2) is 70.9 Å². The van der Waals surface area contributed by atoms with E-state index in [1.54, 1.807) is 49.1 Å². The van der Waals surface area contributed by atoms with E-state index in [4.69, 9.17) is 15.6 Å². The van der Waals surface area contributed by atoms with Gasteiger partial charge in [-0.05, 0) is 59.9 Å². The number of nitrogens with one attached hydrogen (secondary N) is 2. The molecule has 1 unspecified atom stereocenters. The Morgan fingerprint density at radius 2 is 1.77 bits per heavy atom. The van der Waals surface area contributed by atoms with E-state index < -0.39 is 47.1 Å². The molecule has 3 aromatic rings. The van der Waals surface area contributed by atoms with E-state index in [0.29, 0.717) is 22.8 Å². The van der Waals surface area contributed by atoms with E-state index in [0.717, 1.165) is 16.8 Å². The average molecular weight is 679 g/mol. The molecule has 5 rings (SSSR count). The van der Waals surface area contributed by atoms with Crippen LogP contribution in [-0.2, 0) is 19.2 Å².